The fourth-order valence-corrected chi connectivity index (χ4v) is 3.52. The fourth-order valence-electron chi connectivity index (χ4n) is 3.52. The topological polar surface area (TPSA) is 32.3 Å². The van der Waals surface area contributed by atoms with Gasteiger partial charge in [0, 0.05) is 6.04 Å². The quantitative estimate of drug-likeness (QED) is 0.884. The van der Waals surface area contributed by atoms with Crippen LogP contribution in [0.4, 0.5) is 0 Å². The first-order chi connectivity index (χ1) is 10.8. The van der Waals surface area contributed by atoms with E-state index in [1.807, 2.05) is 0 Å². The Morgan fingerprint density at radius 2 is 1.55 bits per heavy atom. The van der Waals surface area contributed by atoms with Gasteiger partial charge in [0.25, 0.3) is 0 Å². The van der Waals surface area contributed by atoms with E-state index in [-0.39, 0.29) is 6.10 Å². The number of benzene rings is 2. The zero-order valence-electron chi connectivity index (χ0n) is 13.0. The van der Waals surface area contributed by atoms with Gasteiger partial charge in [-0.15, -0.1) is 0 Å². The molecule has 0 aromatic heterocycles. The van der Waals surface area contributed by atoms with Crippen LogP contribution in [0.25, 0.3) is 0 Å². The second kappa shape index (κ2) is 7.57. The average molecular weight is 295 g/mol. The molecule has 1 aliphatic carbocycles. The lowest BCUT2D eigenvalue weighted by molar-refractivity contribution is 0.101. The lowest BCUT2D eigenvalue weighted by Gasteiger charge is -2.33. The fraction of sp³-hybridized carbons (Fsp3) is 0.400. The van der Waals surface area contributed by atoms with Crippen molar-refractivity contribution in [2.45, 2.75) is 43.7 Å². The maximum atomic E-state index is 10.2. The van der Waals surface area contributed by atoms with Crippen LogP contribution in [0, 0.1) is 0 Å². The van der Waals surface area contributed by atoms with Crippen molar-refractivity contribution in [2.24, 2.45) is 0 Å². The Kier molecular flexibility index (Phi) is 5.25. The van der Waals surface area contributed by atoms with E-state index in [9.17, 15) is 5.11 Å². The van der Waals surface area contributed by atoms with Crippen LogP contribution in [0.1, 0.15) is 36.3 Å². The highest BCUT2D eigenvalue weighted by Gasteiger charge is 2.28. The van der Waals surface area contributed by atoms with Crippen molar-refractivity contribution in [1.82, 2.24) is 5.32 Å². The van der Waals surface area contributed by atoms with Gasteiger partial charge in [0.15, 0.2) is 0 Å². The van der Waals surface area contributed by atoms with Crippen LogP contribution in [-0.2, 0) is 6.42 Å². The number of nitrogens with one attached hydrogen (secondary N) is 1. The molecular weight excluding hydrogens is 270 g/mol. The van der Waals surface area contributed by atoms with Crippen LogP contribution >= 0.6 is 0 Å². The highest BCUT2D eigenvalue weighted by atomic mass is 16.3. The third-order valence-corrected chi connectivity index (χ3v) is 4.64. The molecule has 3 rings (SSSR count). The van der Waals surface area contributed by atoms with Gasteiger partial charge in [0.1, 0.15) is 0 Å². The van der Waals surface area contributed by atoms with Crippen LogP contribution < -0.4 is 5.32 Å². The van der Waals surface area contributed by atoms with E-state index in [4.69, 9.17) is 0 Å². The van der Waals surface area contributed by atoms with Crippen LogP contribution in [0.3, 0.4) is 0 Å². The molecule has 0 bridgehead atoms. The third-order valence-electron chi connectivity index (χ3n) is 4.64. The van der Waals surface area contributed by atoms with Crippen molar-refractivity contribution in [1.29, 1.82) is 0 Å². The first-order valence-corrected chi connectivity index (χ1v) is 8.31. The van der Waals surface area contributed by atoms with E-state index in [0.717, 1.165) is 32.2 Å². The summed E-state index contributed by atoms with van der Waals surface area (Å²) in [6.07, 6.45) is 3.74. The standard InChI is InChI=1S/C20H25NO/c22-20-14-18(17-9-5-2-6-10-17)13-19(15-20)21-12-11-16-7-3-1-4-8-16/h1-10,18-22H,11-15H2. The number of rotatable bonds is 5. The van der Waals surface area contributed by atoms with Crippen LogP contribution in [0.5, 0.6) is 0 Å². The lowest BCUT2D eigenvalue weighted by Crippen LogP contribution is -2.39. The van der Waals surface area contributed by atoms with Crippen molar-refractivity contribution >= 4 is 0 Å². The molecule has 2 N–H and O–H groups in total. The highest BCUT2D eigenvalue weighted by molar-refractivity contribution is 5.21. The summed E-state index contributed by atoms with van der Waals surface area (Å²) >= 11 is 0. The first-order valence-electron chi connectivity index (χ1n) is 8.31. The van der Waals surface area contributed by atoms with Crippen LogP contribution in [0.2, 0.25) is 0 Å². The molecule has 0 radical (unpaired) electrons. The van der Waals surface area contributed by atoms with Gasteiger partial charge in [0.05, 0.1) is 6.10 Å². The Morgan fingerprint density at radius 3 is 2.27 bits per heavy atom. The molecule has 2 aromatic carbocycles. The van der Waals surface area contributed by atoms with Crippen LogP contribution in [-0.4, -0.2) is 23.8 Å². The minimum absolute atomic E-state index is 0.187. The minimum atomic E-state index is -0.187. The van der Waals surface area contributed by atoms with E-state index in [0.29, 0.717) is 12.0 Å². The maximum Gasteiger partial charge on any atom is 0.0561 e. The van der Waals surface area contributed by atoms with Gasteiger partial charge in [-0.2, -0.15) is 0 Å². The molecule has 1 saturated carbocycles. The Hall–Kier alpha value is -1.64. The molecule has 2 heteroatoms. The second-order valence-electron chi connectivity index (χ2n) is 6.36. The average Bonchev–Trinajstić information content (AvgIpc) is 2.56. The normalized spacial score (nSPS) is 25.0. The summed E-state index contributed by atoms with van der Waals surface area (Å²) in [6.45, 7) is 0.975. The Bertz CT molecular complexity index is 554. The summed E-state index contributed by atoms with van der Waals surface area (Å²) in [6, 6.07) is 21.6. The molecule has 0 aliphatic heterocycles. The zero-order chi connectivity index (χ0) is 15.2. The van der Waals surface area contributed by atoms with Crippen molar-refractivity contribution in [3.63, 3.8) is 0 Å². The molecule has 1 fully saturated rings. The predicted octanol–water partition coefficient (Wildman–Crippen LogP) is 3.52. The van der Waals surface area contributed by atoms with Gasteiger partial charge < -0.3 is 10.4 Å². The second-order valence-corrected chi connectivity index (χ2v) is 6.36. The van der Waals surface area contributed by atoms with Crippen LogP contribution in [0.15, 0.2) is 60.7 Å². The monoisotopic (exact) mass is 295 g/mol. The number of aliphatic hydroxyl groups excluding tert-OH is 1. The lowest BCUT2D eigenvalue weighted by atomic mass is 9.80. The van der Waals surface area contributed by atoms with Gasteiger partial charge in [-0.1, -0.05) is 60.7 Å². The molecule has 0 spiro atoms. The summed E-state index contributed by atoms with van der Waals surface area (Å²) < 4.78 is 0. The molecule has 2 aromatic rings. The molecule has 3 atom stereocenters. The molecule has 1 aliphatic rings. The summed E-state index contributed by atoms with van der Waals surface area (Å²) in [5.74, 6) is 0.471. The third kappa shape index (κ3) is 4.19. The van der Waals surface area contributed by atoms with Gasteiger partial charge in [-0.05, 0) is 49.3 Å². The summed E-state index contributed by atoms with van der Waals surface area (Å²) in [5.41, 5.74) is 2.72. The molecule has 0 heterocycles. The van der Waals surface area contributed by atoms with E-state index in [1.165, 1.54) is 11.1 Å². The van der Waals surface area contributed by atoms with Gasteiger partial charge in [-0.3, -0.25) is 0 Å². The highest BCUT2D eigenvalue weighted by Crippen LogP contribution is 2.33. The van der Waals surface area contributed by atoms with E-state index >= 15 is 0 Å². The predicted molar refractivity (Wildman–Crippen MR) is 91.0 cm³/mol. The molecule has 22 heavy (non-hydrogen) atoms. The Morgan fingerprint density at radius 1 is 0.864 bits per heavy atom. The number of aliphatic hydroxyl groups is 1. The summed E-state index contributed by atoms with van der Waals surface area (Å²) in [4.78, 5) is 0. The molecule has 3 unspecified atom stereocenters. The molecule has 2 nitrogen and oxygen atoms in total. The largest absolute Gasteiger partial charge is 0.393 e. The molecule has 116 valence electrons. The first kappa shape index (κ1) is 15.3. The number of hydrogen-bond donors (Lipinski definition) is 2. The van der Waals surface area contributed by atoms with Gasteiger partial charge in [-0.25, -0.2) is 0 Å². The van der Waals surface area contributed by atoms with Crippen molar-refractivity contribution < 1.29 is 5.11 Å². The SMILES string of the molecule is OC1CC(NCCc2ccccc2)CC(c2ccccc2)C1. The Labute approximate surface area is 133 Å². The van der Waals surface area contributed by atoms with E-state index in [2.05, 4.69) is 66.0 Å². The van der Waals surface area contributed by atoms with Crippen molar-refractivity contribution in [2.75, 3.05) is 6.54 Å². The minimum Gasteiger partial charge on any atom is -0.393 e. The smallest absolute Gasteiger partial charge is 0.0561 e. The maximum absolute atomic E-state index is 10.2. The summed E-state index contributed by atoms with van der Waals surface area (Å²) in [7, 11) is 0. The van der Waals surface area contributed by atoms with Crippen molar-refractivity contribution in [3.8, 4) is 0 Å². The summed E-state index contributed by atoms with van der Waals surface area (Å²) in [5, 5.41) is 13.8. The van der Waals surface area contributed by atoms with Gasteiger partial charge in [0.2, 0.25) is 0 Å². The van der Waals surface area contributed by atoms with Crippen molar-refractivity contribution in [3.05, 3.63) is 71.8 Å². The zero-order valence-corrected chi connectivity index (χ0v) is 13.0. The number of hydrogen-bond acceptors (Lipinski definition) is 2. The van der Waals surface area contributed by atoms with Gasteiger partial charge >= 0.3 is 0 Å². The van der Waals surface area contributed by atoms with E-state index in [1.54, 1.807) is 0 Å². The molecule has 0 amide bonds. The Balaban J connectivity index is 1.53. The molecular formula is C20H25NO. The van der Waals surface area contributed by atoms with E-state index < -0.39 is 0 Å². The molecule has 0 saturated heterocycles.